The van der Waals surface area contributed by atoms with Gasteiger partial charge in [0.15, 0.2) is 6.10 Å². The molecule has 0 amide bonds. The molecular formula is C12H18O2S. The standard InChI is InChI=1S/C12H18O2S/c1-3-12(13)9-7-5-4-6-8-10-14-11-15-2/h1,12-13H,4-6,8,10-11H2,2H3/t12-/m1/s1. The lowest BCUT2D eigenvalue weighted by atomic mass is 10.2. The first-order chi connectivity index (χ1) is 7.31. The van der Waals surface area contributed by atoms with E-state index < -0.39 is 6.10 Å². The lowest BCUT2D eigenvalue weighted by molar-refractivity contribution is 0.177. The van der Waals surface area contributed by atoms with Gasteiger partial charge in [-0.15, -0.1) is 18.2 Å². The maximum absolute atomic E-state index is 8.93. The summed E-state index contributed by atoms with van der Waals surface area (Å²) < 4.78 is 5.31. The Morgan fingerprint density at radius 3 is 2.87 bits per heavy atom. The Balaban J connectivity index is 3.17. The van der Waals surface area contributed by atoms with Crippen LogP contribution in [0.2, 0.25) is 0 Å². The van der Waals surface area contributed by atoms with Crippen LogP contribution in [0.25, 0.3) is 0 Å². The molecule has 0 aromatic heterocycles. The lowest BCUT2D eigenvalue weighted by Gasteiger charge is -2.00. The van der Waals surface area contributed by atoms with Gasteiger partial charge in [0.1, 0.15) is 0 Å². The third kappa shape index (κ3) is 11.3. The van der Waals surface area contributed by atoms with E-state index in [4.69, 9.17) is 16.3 Å². The van der Waals surface area contributed by atoms with E-state index in [9.17, 15) is 0 Å². The SMILES string of the molecule is C#C[C@@H](O)C#CCCCCCOCSC. The van der Waals surface area contributed by atoms with E-state index in [1.165, 1.54) is 0 Å². The van der Waals surface area contributed by atoms with Gasteiger partial charge in [0.25, 0.3) is 0 Å². The van der Waals surface area contributed by atoms with Crippen molar-refractivity contribution >= 4 is 11.8 Å². The van der Waals surface area contributed by atoms with Crippen LogP contribution in [0.1, 0.15) is 25.7 Å². The minimum Gasteiger partial charge on any atom is -0.371 e. The van der Waals surface area contributed by atoms with Crippen LogP contribution in [0.3, 0.4) is 0 Å². The lowest BCUT2D eigenvalue weighted by Crippen LogP contribution is -1.96. The topological polar surface area (TPSA) is 29.5 Å². The van der Waals surface area contributed by atoms with Crippen molar-refractivity contribution in [2.45, 2.75) is 31.8 Å². The van der Waals surface area contributed by atoms with Gasteiger partial charge in [-0.2, -0.15) is 0 Å². The second-order valence-corrected chi connectivity index (χ2v) is 3.83. The zero-order valence-electron chi connectivity index (χ0n) is 9.16. The molecule has 0 heterocycles. The van der Waals surface area contributed by atoms with Crippen LogP contribution in [-0.2, 0) is 4.74 Å². The van der Waals surface area contributed by atoms with Gasteiger partial charge in [0, 0.05) is 13.0 Å². The van der Waals surface area contributed by atoms with Crippen LogP contribution in [0.4, 0.5) is 0 Å². The van der Waals surface area contributed by atoms with Crippen LogP contribution >= 0.6 is 11.8 Å². The molecule has 0 radical (unpaired) electrons. The first kappa shape index (κ1) is 14.4. The number of thioether (sulfide) groups is 1. The summed E-state index contributed by atoms with van der Waals surface area (Å²) in [5, 5.41) is 8.93. The third-order valence-corrected chi connectivity index (χ3v) is 2.09. The van der Waals surface area contributed by atoms with Gasteiger partial charge in [0.05, 0.1) is 5.94 Å². The molecule has 1 N–H and O–H groups in total. The first-order valence-corrected chi connectivity index (χ1v) is 6.40. The van der Waals surface area contributed by atoms with Crippen molar-refractivity contribution in [3.05, 3.63) is 0 Å². The molecule has 0 fully saturated rings. The van der Waals surface area contributed by atoms with Gasteiger partial charge in [-0.1, -0.05) is 24.2 Å². The molecule has 0 aromatic carbocycles. The number of aliphatic hydroxyl groups excluding tert-OH is 1. The van der Waals surface area contributed by atoms with Gasteiger partial charge in [0.2, 0.25) is 0 Å². The maximum Gasteiger partial charge on any atom is 0.176 e. The van der Waals surface area contributed by atoms with E-state index in [0.717, 1.165) is 38.2 Å². The summed E-state index contributed by atoms with van der Waals surface area (Å²) in [6, 6.07) is 0. The Bertz CT molecular complexity index is 234. The number of ether oxygens (including phenoxy) is 1. The van der Waals surface area contributed by atoms with Gasteiger partial charge in [-0.3, -0.25) is 0 Å². The van der Waals surface area contributed by atoms with Gasteiger partial charge in [-0.25, -0.2) is 0 Å². The second kappa shape index (κ2) is 11.5. The van der Waals surface area contributed by atoms with Crippen LogP contribution in [0.15, 0.2) is 0 Å². The molecule has 0 aliphatic heterocycles. The van der Waals surface area contributed by atoms with Crippen molar-refractivity contribution in [2.75, 3.05) is 18.8 Å². The summed E-state index contributed by atoms with van der Waals surface area (Å²) in [5.41, 5.74) is 0. The van der Waals surface area contributed by atoms with E-state index in [-0.39, 0.29) is 0 Å². The molecule has 0 saturated heterocycles. The Hall–Kier alpha value is -0.610. The molecule has 1 atom stereocenters. The fourth-order valence-corrected chi connectivity index (χ4v) is 1.23. The zero-order valence-corrected chi connectivity index (χ0v) is 9.98. The third-order valence-electron chi connectivity index (χ3n) is 1.69. The van der Waals surface area contributed by atoms with E-state index >= 15 is 0 Å². The highest BCUT2D eigenvalue weighted by atomic mass is 32.2. The summed E-state index contributed by atoms with van der Waals surface area (Å²) in [4.78, 5) is 0. The minimum atomic E-state index is -0.907. The average molecular weight is 226 g/mol. The predicted molar refractivity (Wildman–Crippen MR) is 65.4 cm³/mol. The Kier molecular flexibility index (Phi) is 11.0. The number of terminal acetylenes is 1. The molecular weight excluding hydrogens is 208 g/mol. The van der Waals surface area contributed by atoms with Crippen LogP contribution in [0, 0.1) is 24.2 Å². The number of rotatable bonds is 7. The van der Waals surface area contributed by atoms with Gasteiger partial charge in [-0.05, 0) is 19.1 Å². The molecule has 0 bridgehead atoms. The number of hydrogen-bond acceptors (Lipinski definition) is 3. The van der Waals surface area contributed by atoms with Crippen molar-refractivity contribution in [3.8, 4) is 24.2 Å². The second-order valence-electron chi connectivity index (χ2n) is 3.02. The van der Waals surface area contributed by atoms with E-state index in [1.807, 2.05) is 6.26 Å². The molecule has 15 heavy (non-hydrogen) atoms. The molecule has 3 heteroatoms. The summed E-state index contributed by atoms with van der Waals surface area (Å²) >= 11 is 1.69. The Labute approximate surface area is 96.8 Å². The van der Waals surface area contributed by atoms with Gasteiger partial charge < -0.3 is 9.84 Å². The fraction of sp³-hybridized carbons (Fsp3) is 0.667. The quantitative estimate of drug-likeness (QED) is 0.408. The summed E-state index contributed by atoms with van der Waals surface area (Å²) in [7, 11) is 0. The average Bonchev–Trinajstić information content (AvgIpc) is 2.26. The Morgan fingerprint density at radius 1 is 1.40 bits per heavy atom. The fourth-order valence-electron chi connectivity index (χ4n) is 0.947. The number of hydrogen-bond donors (Lipinski definition) is 1. The van der Waals surface area contributed by atoms with Crippen molar-refractivity contribution in [1.29, 1.82) is 0 Å². The first-order valence-electron chi connectivity index (χ1n) is 5.00. The molecule has 0 rings (SSSR count). The maximum atomic E-state index is 8.93. The number of unbranched alkanes of at least 4 members (excludes halogenated alkanes) is 3. The van der Waals surface area contributed by atoms with E-state index in [2.05, 4.69) is 17.8 Å². The molecule has 0 aliphatic carbocycles. The summed E-state index contributed by atoms with van der Waals surface area (Å²) in [6.07, 6.45) is 10.1. The normalized spacial score (nSPS) is 11.3. The van der Waals surface area contributed by atoms with Crippen LogP contribution in [-0.4, -0.2) is 30.0 Å². The molecule has 0 unspecified atom stereocenters. The van der Waals surface area contributed by atoms with Crippen molar-refractivity contribution in [3.63, 3.8) is 0 Å². The largest absolute Gasteiger partial charge is 0.371 e. The van der Waals surface area contributed by atoms with Gasteiger partial charge >= 0.3 is 0 Å². The highest BCUT2D eigenvalue weighted by Crippen LogP contribution is 2.00. The monoisotopic (exact) mass is 226 g/mol. The van der Waals surface area contributed by atoms with E-state index in [1.54, 1.807) is 11.8 Å². The highest BCUT2D eigenvalue weighted by Gasteiger charge is 1.90. The molecule has 0 aliphatic rings. The Morgan fingerprint density at radius 2 is 2.20 bits per heavy atom. The number of aliphatic hydroxyl groups is 1. The smallest absolute Gasteiger partial charge is 0.176 e. The molecule has 2 nitrogen and oxygen atoms in total. The molecule has 0 saturated carbocycles. The van der Waals surface area contributed by atoms with Crippen molar-refractivity contribution in [1.82, 2.24) is 0 Å². The van der Waals surface area contributed by atoms with Crippen molar-refractivity contribution < 1.29 is 9.84 Å². The van der Waals surface area contributed by atoms with Crippen molar-refractivity contribution in [2.24, 2.45) is 0 Å². The molecule has 0 spiro atoms. The summed E-state index contributed by atoms with van der Waals surface area (Å²) in [6.45, 7) is 0.821. The zero-order chi connectivity index (χ0) is 11.4. The minimum absolute atomic E-state index is 0.772. The molecule has 84 valence electrons. The van der Waals surface area contributed by atoms with Crippen LogP contribution in [0.5, 0.6) is 0 Å². The van der Waals surface area contributed by atoms with E-state index in [0.29, 0.717) is 0 Å². The predicted octanol–water partition coefficient (Wildman–Crippen LogP) is 1.88. The molecule has 0 aromatic rings. The van der Waals surface area contributed by atoms with Crippen LogP contribution < -0.4 is 0 Å². The summed E-state index contributed by atoms with van der Waals surface area (Å²) in [5.74, 6) is 8.35. The highest BCUT2D eigenvalue weighted by molar-refractivity contribution is 7.98.